The molecule has 9 N–H and O–H groups in total. The van der Waals surface area contributed by atoms with Crippen molar-refractivity contribution in [3.63, 3.8) is 0 Å². The fourth-order valence-corrected chi connectivity index (χ4v) is 6.40. The highest BCUT2D eigenvalue weighted by Gasteiger charge is 2.54. The van der Waals surface area contributed by atoms with Crippen LogP contribution in [0.2, 0.25) is 0 Å². The highest BCUT2D eigenvalue weighted by molar-refractivity contribution is 7.99. The van der Waals surface area contributed by atoms with Gasteiger partial charge in [0.1, 0.15) is 48.4 Å². The molecule has 2 saturated heterocycles. The number of amides is 1. The molecule has 2 aliphatic rings. The molecule has 1 aromatic heterocycles. The first-order valence-electron chi connectivity index (χ1n) is 14.6. The van der Waals surface area contributed by atoms with Crippen molar-refractivity contribution in [2.45, 2.75) is 67.2 Å². The quantitative estimate of drug-likeness (QED) is 0.0481. The predicted molar refractivity (Wildman–Crippen MR) is 158 cm³/mol. The number of aliphatic carboxylic acids is 1. The second kappa shape index (κ2) is 18.3. The number of carbonyl (C=O) groups excluding carboxylic acids is 2. The van der Waals surface area contributed by atoms with Crippen molar-refractivity contribution in [3.05, 3.63) is 22.7 Å². The van der Waals surface area contributed by atoms with Gasteiger partial charge >= 0.3 is 5.69 Å². The molecular weight excluding hydrogens is 707 g/mol. The third-order valence-electron chi connectivity index (χ3n) is 7.29. The second-order valence-electron chi connectivity index (χ2n) is 10.8. The molecule has 0 bridgehead atoms. The van der Waals surface area contributed by atoms with E-state index >= 15 is 0 Å². The van der Waals surface area contributed by atoms with E-state index in [0.717, 1.165) is 22.5 Å². The van der Waals surface area contributed by atoms with E-state index in [0.29, 0.717) is 19.0 Å². The largest absolute Gasteiger partial charge is 0.756 e. The minimum Gasteiger partial charge on any atom is -0.756 e. The molecule has 49 heavy (non-hydrogen) atoms. The zero-order chi connectivity index (χ0) is 36.5. The topological polar surface area (TPSA) is 347 Å². The SMILES string of the molecule is COCCOCCSCC(=O)N[C@H]1C([C@H](O)[C@H](O)CO)O[C@](OP(=O)([O-])OCC2OC(n3ccc(N)nc3=O)[C@H](O)[C@@H]2O)(C(=O)[O-])C[C@H]1O. The summed E-state index contributed by atoms with van der Waals surface area (Å²) in [5, 5.41) is 76.3. The minimum atomic E-state index is -5.86. The van der Waals surface area contributed by atoms with Crippen LogP contribution in [-0.2, 0) is 42.1 Å². The number of phosphoric acid groups is 1. The lowest BCUT2D eigenvalue weighted by molar-refractivity contribution is -0.377. The van der Waals surface area contributed by atoms with Gasteiger partial charge in [0.2, 0.25) is 11.7 Å². The van der Waals surface area contributed by atoms with E-state index in [1.165, 1.54) is 13.2 Å². The first-order chi connectivity index (χ1) is 23.1. The third-order valence-corrected chi connectivity index (χ3v) is 9.19. The Morgan fingerprint density at radius 2 is 1.98 bits per heavy atom. The summed E-state index contributed by atoms with van der Waals surface area (Å²) < 4.78 is 43.8. The zero-order valence-corrected chi connectivity index (χ0v) is 27.6. The Labute approximate surface area is 282 Å². The molecule has 0 aromatic carbocycles. The maximum Gasteiger partial charge on any atom is 0.351 e. The molecule has 22 nitrogen and oxygen atoms in total. The van der Waals surface area contributed by atoms with Crippen molar-refractivity contribution in [2.75, 3.05) is 57.4 Å². The smallest absolute Gasteiger partial charge is 0.351 e. The number of nitrogens with zero attached hydrogens (tertiary/aromatic N) is 2. The molecule has 1 aromatic rings. The zero-order valence-electron chi connectivity index (χ0n) is 25.9. The summed E-state index contributed by atoms with van der Waals surface area (Å²) >= 11 is 1.11. The van der Waals surface area contributed by atoms with Crippen LogP contribution in [0.5, 0.6) is 0 Å². The number of hydrogen-bond donors (Lipinski definition) is 8. The number of anilines is 1. The van der Waals surface area contributed by atoms with Crippen molar-refractivity contribution >= 4 is 37.3 Å². The van der Waals surface area contributed by atoms with Crippen LogP contribution in [0.3, 0.4) is 0 Å². The lowest BCUT2D eigenvalue weighted by atomic mass is 9.88. The number of thioether (sulfide) groups is 1. The summed E-state index contributed by atoms with van der Waals surface area (Å²) in [6, 6.07) is -0.483. The number of nitrogens with one attached hydrogen (secondary N) is 1. The summed E-state index contributed by atoms with van der Waals surface area (Å²) in [7, 11) is -4.36. The number of aliphatic hydroxyl groups excluding tert-OH is 6. The maximum atomic E-state index is 12.9. The Balaban J connectivity index is 1.71. The van der Waals surface area contributed by atoms with E-state index in [2.05, 4.69) is 14.8 Å². The van der Waals surface area contributed by atoms with Gasteiger partial charge < -0.3 is 80.0 Å². The van der Waals surface area contributed by atoms with Crippen LogP contribution < -0.4 is 26.7 Å². The summed E-state index contributed by atoms with van der Waals surface area (Å²) in [5.74, 6) is -6.54. The van der Waals surface area contributed by atoms with Crippen LogP contribution in [0.4, 0.5) is 5.82 Å². The number of carbonyl (C=O) groups is 2. The van der Waals surface area contributed by atoms with Crippen LogP contribution in [0.25, 0.3) is 0 Å². The van der Waals surface area contributed by atoms with Crippen molar-refractivity contribution < 1.29 is 82.8 Å². The number of methoxy groups -OCH3 is 1. The molecule has 280 valence electrons. The summed E-state index contributed by atoms with van der Waals surface area (Å²) in [4.78, 5) is 53.4. The van der Waals surface area contributed by atoms with Gasteiger partial charge in [-0.05, 0) is 6.07 Å². The number of carboxylic acid groups (broad SMARTS) is 1. The summed E-state index contributed by atoms with van der Waals surface area (Å²) in [6.45, 7) is -1.24. The van der Waals surface area contributed by atoms with E-state index in [9.17, 15) is 59.6 Å². The number of aliphatic hydroxyl groups is 6. The predicted octanol–water partition coefficient (Wildman–Crippen LogP) is -6.86. The number of nitrogen functional groups attached to an aromatic ring is 1. The lowest BCUT2D eigenvalue weighted by Crippen LogP contribution is -2.69. The van der Waals surface area contributed by atoms with Gasteiger partial charge in [-0.15, -0.1) is 11.8 Å². The van der Waals surface area contributed by atoms with Gasteiger partial charge in [-0.1, -0.05) is 0 Å². The van der Waals surface area contributed by atoms with Crippen molar-refractivity contribution in [3.8, 4) is 0 Å². The average Bonchev–Trinajstić information content (AvgIpc) is 3.32. The Kier molecular flexibility index (Phi) is 15.3. The van der Waals surface area contributed by atoms with Crippen LogP contribution in [0.15, 0.2) is 17.1 Å². The second-order valence-corrected chi connectivity index (χ2v) is 13.2. The first-order valence-corrected chi connectivity index (χ1v) is 17.2. The van der Waals surface area contributed by atoms with Gasteiger partial charge in [0.05, 0.1) is 50.9 Å². The molecule has 0 saturated carbocycles. The van der Waals surface area contributed by atoms with Crippen molar-refractivity contribution in [2.24, 2.45) is 0 Å². The number of phosphoric ester groups is 1. The number of aromatic nitrogens is 2. The maximum absolute atomic E-state index is 12.9. The van der Waals surface area contributed by atoms with Gasteiger partial charge in [0.15, 0.2) is 6.23 Å². The van der Waals surface area contributed by atoms with Gasteiger partial charge in [-0.25, -0.2) is 4.79 Å². The molecule has 3 heterocycles. The van der Waals surface area contributed by atoms with Gasteiger partial charge in [0.25, 0.3) is 7.82 Å². The third kappa shape index (κ3) is 10.8. The molecule has 0 radical (unpaired) electrons. The normalized spacial score (nSPS) is 31.1. The molecule has 4 unspecified atom stereocenters. The molecule has 24 heteroatoms. The number of carboxylic acids is 1. The highest BCUT2D eigenvalue weighted by Crippen LogP contribution is 2.48. The van der Waals surface area contributed by atoms with Crippen LogP contribution in [0.1, 0.15) is 12.6 Å². The molecule has 11 atom stereocenters. The minimum absolute atomic E-state index is 0.153. The van der Waals surface area contributed by atoms with Crippen molar-refractivity contribution in [1.29, 1.82) is 0 Å². The molecule has 2 aliphatic heterocycles. The molecule has 3 rings (SSSR count). The molecule has 0 aliphatic carbocycles. The van der Waals surface area contributed by atoms with Gasteiger partial charge in [0, 0.05) is 25.5 Å². The fraction of sp³-hybridized carbons (Fsp3) is 0.760. The lowest BCUT2D eigenvalue weighted by Gasteiger charge is -2.50. The fourth-order valence-electron chi connectivity index (χ4n) is 4.82. The number of hydrogen-bond acceptors (Lipinski definition) is 21. The molecule has 2 fully saturated rings. The number of nitrogens with two attached hydrogens (primary N) is 1. The van der Waals surface area contributed by atoms with Gasteiger partial charge in [-0.2, -0.15) is 4.98 Å². The molecular formula is C25H39N4O18PS-2. The standard InChI is InChI=1S/C25H41N4O18PS/c1-42-4-5-43-6-7-49-11-16(33)28-17-12(31)8-25(23(37)38,46-21(17)18(34)13(32)9-30)47-48(40,41)44-10-14-19(35)20(36)22(45-14)29-3-2-15(26)27-24(29)39/h2-3,12-14,17-22,30-32,34-36H,4-11H2,1H3,(H,28,33)(H,37,38)(H,40,41)(H2,26,27,39)/p-2/t12-,13-,14?,17-,18-,19-,20-,21?,22?,25-/m1/s1. The van der Waals surface area contributed by atoms with E-state index in [-0.39, 0.29) is 18.2 Å². The first kappa shape index (κ1) is 41.1. The Morgan fingerprint density at radius 3 is 2.61 bits per heavy atom. The van der Waals surface area contributed by atoms with E-state index in [4.69, 9.17) is 29.2 Å². The summed E-state index contributed by atoms with van der Waals surface area (Å²) in [5.41, 5.74) is 4.46. The molecule has 1 amide bonds. The van der Waals surface area contributed by atoms with Crippen LogP contribution in [0, 0.1) is 0 Å². The Hall–Kier alpha value is -2.32. The van der Waals surface area contributed by atoms with E-state index in [1.54, 1.807) is 0 Å². The van der Waals surface area contributed by atoms with E-state index < -0.39 is 106 Å². The van der Waals surface area contributed by atoms with E-state index in [1.807, 2.05) is 0 Å². The van der Waals surface area contributed by atoms with Gasteiger partial charge in [-0.3, -0.25) is 18.5 Å². The Bertz CT molecular complexity index is 1360. The molecule has 0 spiro atoms. The number of ether oxygens (including phenoxy) is 4. The highest BCUT2D eigenvalue weighted by atomic mass is 32.2. The van der Waals surface area contributed by atoms with Crippen LogP contribution >= 0.6 is 19.6 Å². The average molecular weight is 747 g/mol. The monoisotopic (exact) mass is 746 g/mol. The van der Waals surface area contributed by atoms with Crippen molar-refractivity contribution in [1.82, 2.24) is 14.9 Å². The summed E-state index contributed by atoms with van der Waals surface area (Å²) in [6.07, 6.45) is -15.4. The number of rotatable bonds is 19. The van der Waals surface area contributed by atoms with Crippen LogP contribution in [-0.4, -0.2) is 158 Å². The Morgan fingerprint density at radius 1 is 1.27 bits per heavy atom.